The lowest BCUT2D eigenvalue weighted by Crippen LogP contribution is -2.50. The number of carboxylic acid groups (broad SMARTS) is 1. The van der Waals surface area contributed by atoms with E-state index in [1.165, 1.54) is 0 Å². The van der Waals surface area contributed by atoms with E-state index in [0.717, 1.165) is 25.1 Å². The van der Waals surface area contributed by atoms with Crippen LogP contribution in [0.1, 0.15) is 18.6 Å². The zero-order chi connectivity index (χ0) is 12.5. The van der Waals surface area contributed by atoms with E-state index in [1.807, 2.05) is 0 Å². The van der Waals surface area contributed by atoms with Crippen molar-refractivity contribution >= 4 is 5.97 Å². The molecule has 88 valence electrons. The van der Waals surface area contributed by atoms with Crippen LogP contribution < -0.4 is 5.73 Å². The summed E-state index contributed by atoms with van der Waals surface area (Å²) in [5.41, 5.74) is 3.55. The molecular formula is C10H13NO5. The highest BCUT2D eigenvalue weighted by Gasteiger charge is 2.37. The monoisotopic (exact) mass is 227 g/mol. The standard InChI is InChI=1S/C10H13NO5/c1-10(11,9(15)16)8(14)5-2-6(12)4-7(13)3-5/h2-4,8,12-14H,11H2,1H3,(H,15,16)/t8?,10-/m0/s1. The maximum absolute atomic E-state index is 10.8. The maximum atomic E-state index is 10.8. The second kappa shape index (κ2) is 3.99. The molecule has 1 rings (SSSR count). The molecule has 1 unspecified atom stereocenters. The summed E-state index contributed by atoms with van der Waals surface area (Å²) in [7, 11) is 0. The predicted octanol–water partition coefficient (Wildman–Crippen LogP) is -0.0668. The van der Waals surface area contributed by atoms with E-state index in [-0.39, 0.29) is 17.1 Å². The Morgan fingerprint density at radius 2 is 1.75 bits per heavy atom. The van der Waals surface area contributed by atoms with Crippen molar-refractivity contribution in [1.29, 1.82) is 0 Å². The minimum atomic E-state index is -1.90. The van der Waals surface area contributed by atoms with E-state index in [9.17, 15) is 20.1 Å². The predicted molar refractivity (Wildman–Crippen MR) is 55.0 cm³/mol. The second-order valence-corrected chi connectivity index (χ2v) is 3.77. The number of aromatic hydroxyl groups is 2. The molecule has 0 fully saturated rings. The van der Waals surface area contributed by atoms with Gasteiger partial charge in [0.05, 0.1) is 0 Å². The van der Waals surface area contributed by atoms with Crippen molar-refractivity contribution in [2.24, 2.45) is 5.73 Å². The van der Waals surface area contributed by atoms with E-state index in [2.05, 4.69) is 0 Å². The number of nitrogens with two attached hydrogens (primary N) is 1. The lowest BCUT2D eigenvalue weighted by Gasteiger charge is -2.26. The first-order chi connectivity index (χ1) is 7.25. The van der Waals surface area contributed by atoms with Crippen LogP contribution in [-0.2, 0) is 4.79 Å². The fourth-order valence-corrected chi connectivity index (χ4v) is 1.24. The van der Waals surface area contributed by atoms with Crippen LogP contribution in [0.15, 0.2) is 18.2 Å². The number of carboxylic acids is 1. The highest BCUT2D eigenvalue weighted by atomic mass is 16.4. The van der Waals surface area contributed by atoms with E-state index in [0.29, 0.717) is 0 Å². The van der Waals surface area contributed by atoms with Crippen LogP contribution in [0.5, 0.6) is 11.5 Å². The molecular weight excluding hydrogens is 214 g/mol. The highest BCUT2D eigenvalue weighted by Crippen LogP contribution is 2.29. The van der Waals surface area contributed by atoms with Gasteiger partial charge in [-0.2, -0.15) is 0 Å². The summed E-state index contributed by atoms with van der Waals surface area (Å²) in [6.45, 7) is 1.14. The number of phenolic OH excluding ortho intramolecular Hbond substituents is 2. The smallest absolute Gasteiger partial charge is 0.326 e. The first kappa shape index (κ1) is 12.3. The lowest BCUT2D eigenvalue weighted by atomic mass is 9.90. The molecule has 6 N–H and O–H groups in total. The Morgan fingerprint density at radius 3 is 2.12 bits per heavy atom. The van der Waals surface area contributed by atoms with Gasteiger partial charge >= 0.3 is 5.97 Å². The van der Waals surface area contributed by atoms with Crippen LogP contribution in [0.4, 0.5) is 0 Å². The van der Waals surface area contributed by atoms with Crippen LogP contribution in [0.2, 0.25) is 0 Å². The third-order valence-electron chi connectivity index (χ3n) is 2.27. The number of rotatable bonds is 3. The van der Waals surface area contributed by atoms with Crippen molar-refractivity contribution in [3.63, 3.8) is 0 Å². The average Bonchev–Trinajstić information content (AvgIpc) is 2.14. The quantitative estimate of drug-likeness (QED) is 0.492. The van der Waals surface area contributed by atoms with Crippen LogP contribution in [-0.4, -0.2) is 31.9 Å². The number of aliphatic hydroxyl groups is 1. The molecule has 16 heavy (non-hydrogen) atoms. The summed E-state index contributed by atoms with van der Waals surface area (Å²) in [5, 5.41) is 36.9. The van der Waals surface area contributed by atoms with Gasteiger partial charge in [0.2, 0.25) is 0 Å². The van der Waals surface area contributed by atoms with E-state index < -0.39 is 17.6 Å². The van der Waals surface area contributed by atoms with Gasteiger partial charge in [-0.25, -0.2) is 0 Å². The molecule has 0 bridgehead atoms. The molecule has 0 amide bonds. The van der Waals surface area contributed by atoms with Crippen molar-refractivity contribution in [2.75, 3.05) is 0 Å². The fraction of sp³-hybridized carbons (Fsp3) is 0.300. The van der Waals surface area contributed by atoms with Gasteiger partial charge in [-0.1, -0.05) is 0 Å². The molecule has 0 heterocycles. The molecule has 0 radical (unpaired) electrons. The second-order valence-electron chi connectivity index (χ2n) is 3.77. The van der Waals surface area contributed by atoms with Crippen LogP contribution >= 0.6 is 0 Å². The first-order valence-electron chi connectivity index (χ1n) is 4.48. The minimum Gasteiger partial charge on any atom is -0.508 e. The number of aliphatic carboxylic acids is 1. The summed E-state index contributed by atoms with van der Waals surface area (Å²) in [6, 6.07) is 3.34. The highest BCUT2D eigenvalue weighted by molar-refractivity contribution is 5.79. The minimum absolute atomic E-state index is 0.0323. The summed E-state index contributed by atoms with van der Waals surface area (Å²) in [4.78, 5) is 10.8. The molecule has 1 aromatic rings. The van der Waals surface area contributed by atoms with Crippen molar-refractivity contribution in [2.45, 2.75) is 18.6 Å². The van der Waals surface area contributed by atoms with Gasteiger partial charge in [0.25, 0.3) is 0 Å². The Labute approximate surface area is 91.6 Å². The molecule has 0 aliphatic heterocycles. The third kappa shape index (κ3) is 2.23. The maximum Gasteiger partial charge on any atom is 0.326 e. The van der Waals surface area contributed by atoms with Gasteiger partial charge in [0.15, 0.2) is 0 Å². The van der Waals surface area contributed by atoms with Gasteiger partial charge < -0.3 is 26.2 Å². The number of hydrogen-bond acceptors (Lipinski definition) is 5. The number of carbonyl (C=O) groups is 1. The third-order valence-corrected chi connectivity index (χ3v) is 2.27. The summed E-state index contributed by atoms with van der Waals surface area (Å²) < 4.78 is 0. The fourth-order valence-electron chi connectivity index (χ4n) is 1.24. The summed E-state index contributed by atoms with van der Waals surface area (Å²) >= 11 is 0. The van der Waals surface area contributed by atoms with Crippen molar-refractivity contribution in [3.8, 4) is 11.5 Å². The molecule has 2 atom stereocenters. The molecule has 6 nitrogen and oxygen atoms in total. The Morgan fingerprint density at radius 1 is 1.31 bits per heavy atom. The Balaban J connectivity index is 3.14. The number of benzene rings is 1. The zero-order valence-electron chi connectivity index (χ0n) is 8.58. The van der Waals surface area contributed by atoms with Gasteiger partial charge in [0.1, 0.15) is 23.1 Å². The van der Waals surface area contributed by atoms with E-state index in [4.69, 9.17) is 10.8 Å². The molecule has 6 heteroatoms. The Hall–Kier alpha value is -1.79. The Bertz CT molecular complexity index is 395. The molecule has 0 saturated heterocycles. The molecule has 0 aliphatic carbocycles. The summed E-state index contributed by atoms with van der Waals surface area (Å²) in [5.74, 6) is -1.95. The van der Waals surface area contributed by atoms with Crippen LogP contribution in [0.25, 0.3) is 0 Å². The number of aliphatic hydroxyl groups excluding tert-OH is 1. The van der Waals surface area contributed by atoms with Gasteiger partial charge in [-0.3, -0.25) is 4.79 Å². The topological polar surface area (TPSA) is 124 Å². The Kier molecular flexibility index (Phi) is 3.06. The normalized spacial score (nSPS) is 16.4. The van der Waals surface area contributed by atoms with Gasteiger partial charge in [-0.15, -0.1) is 0 Å². The summed E-state index contributed by atoms with van der Waals surface area (Å²) in [6.07, 6.45) is -1.54. The van der Waals surface area contributed by atoms with Gasteiger partial charge in [-0.05, 0) is 24.6 Å². The van der Waals surface area contributed by atoms with Crippen molar-refractivity contribution in [1.82, 2.24) is 0 Å². The van der Waals surface area contributed by atoms with Crippen LogP contribution in [0, 0.1) is 0 Å². The molecule has 0 aromatic heterocycles. The number of phenols is 2. The molecule has 0 saturated carbocycles. The largest absolute Gasteiger partial charge is 0.508 e. The average molecular weight is 227 g/mol. The van der Waals surface area contributed by atoms with Crippen LogP contribution in [0.3, 0.4) is 0 Å². The molecule has 1 aromatic carbocycles. The zero-order valence-corrected chi connectivity index (χ0v) is 8.58. The molecule has 0 aliphatic rings. The van der Waals surface area contributed by atoms with Gasteiger partial charge in [0, 0.05) is 6.07 Å². The van der Waals surface area contributed by atoms with Crippen molar-refractivity contribution in [3.05, 3.63) is 23.8 Å². The van der Waals surface area contributed by atoms with Crippen molar-refractivity contribution < 1.29 is 25.2 Å². The number of hydrogen-bond donors (Lipinski definition) is 5. The van der Waals surface area contributed by atoms with E-state index in [1.54, 1.807) is 0 Å². The molecule has 0 spiro atoms. The lowest BCUT2D eigenvalue weighted by molar-refractivity contribution is -0.147. The SMILES string of the molecule is C[C@@](N)(C(=O)O)C(O)c1cc(O)cc(O)c1. The van der Waals surface area contributed by atoms with E-state index >= 15 is 0 Å². The first-order valence-corrected chi connectivity index (χ1v) is 4.48.